The van der Waals surface area contributed by atoms with E-state index in [-0.39, 0.29) is 19.1 Å². The van der Waals surface area contributed by atoms with Gasteiger partial charge >= 0.3 is 6.03 Å². The third-order valence-electron chi connectivity index (χ3n) is 4.50. The van der Waals surface area contributed by atoms with E-state index in [0.29, 0.717) is 43.4 Å². The normalized spacial score (nSPS) is 19.4. The molecule has 1 aromatic heterocycles. The van der Waals surface area contributed by atoms with Crippen LogP contribution < -0.4 is 15.4 Å². The van der Waals surface area contributed by atoms with Gasteiger partial charge < -0.3 is 20.3 Å². The summed E-state index contributed by atoms with van der Waals surface area (Å²) in [5, 5.41) is 5.38. The SMILES string of the molecule is COc1ccc(NC(=O)N2CC(S(=O)(=O)N3CCNCC3)C2)c(C)n1. The van der Waals surface area contributed by atoms with E-state index in [0.717, 1.165) is 0 Å². The van der Waals surface area contributed by atoms with Gasteiger partial charge in [-0.1, -0.05) is 0 Å². The van der Waals surface area contributed by atoms with Crippen LogP contribution in [0, 0.1) is 6.92 Å². The van der Waals surface area contributed by atoms with E-state index < -0.39 is 15.3 Å². The molecular weight excluding hydrogens is 346 g/mol. The summed E-state index contributed by atoms with van der Waals surface area (Å²) in [5.74, 6) is 0.474. The largest absolute Gasteiger partial charge is 0.481 e. The summed E-state index contributed by atoms with van der Waals surface area (Å²) >= 11 is 0. The van der Waals surface area contributed by atoms with Gasteiger partial charge in [-0.3, -0.25) is 0 Å². The average Bonchev–Trinajstić information content (AvgIpc) is 2.56. The van der Waals surface area contributed by atoms with Crippen molar-refractivity contribution in [3.8, 4) is 5.88 Å². The molecule has 3 heterocycles. The Balaban J connectivity index is 1.56. The first-order valence-electron chi connectivity index (χ1n) is 8.19. The molecule has 2 N–H and O–H groups in total. The minimum absolute atomic E-state index is 0.209. The highest BCUT2D eigenvalue weighted by Gasteiger charge is 2.43. The summed E-state index contributed by atoms with van der Waals surface area (Å²) in [6.45, 7) is 4.50. The molecule has 0 radical (unpaired) electrons. The van der Waals surface area contributed by atoms with Gasteiger partial charge in [0.25, 0.3) is 0 Å². The van der Waals surface area contributed by atoms with Gasteiger partial charge in [-0.25, -0.2) is 18.2 Å². The third-order valence-corrected chi connectivity index (χ3v) is 6.73. The molecule has 0 atom stereocenters. The van der Waals surface area contributed by atoms with E-state index in [2.05, 4.69) is 15.6 Å². The summed E-state index contributed by atoms with van der Waals surface area (Å²) in [6, 6.07) is 3.06. The van der Waals surface area contributed by atoms with Crippen LogP contribution in [0.15, 0.2) is 12.1 Å². The Morgan fingerprint density at radius 3 is 2.60 bits per heavy atom. The van der Waals surface area contributed by atoms with Crippen molar-refractivity contribution in [3.05, 3.63) is 17.8 Å². The number of carbonyl (C=O) groups excluding carboxylic acids is 1. The number of carbonyl (C=O) groups is 1. The van der Waals surface area contributed by atoms with Gasteiger partial charge in [0, 0.05) is 45.3 Å². The van der Waals surface area contributed by atoms with Crippen molar-refractivity contribution in [1.29, 1.82) is 0 Å². The molecule has 0 unspecified atom stereocenters. The molecule has 1 aromatic rings. The number of piperazine rings is 1. The fourth-order valence-electron chi connectivity index (χ4n) is 2.88. The number of rotatable bonds is 4. The van der Waals surface area contributed by atoms with Crippen molar-refractivity contribution in [2.24, 2.45) is 0 Å². The molecule has 9 nitrogen and oxygen atoms in total. The number of hydrogen-bond donors (Lipinski definition) is 2. The number of sulfonamides is 1. The lowest BCUT2D eigenvalue weighted by Gasteiger charge is -2.41. The fraction of sp³-hybridized carbons (Fsp3) is 0.600. The molecule has 0 spiro atoms. The molecule has 2 aliphatic heterocycles. The molecule has 10 heteroatoms. The summed E-state index contributed by atoms with van der Waals surface area (Å²) in [5.41, 5.74) is 1.22. The highest BCUT2D eigenvalue weighted by Crippen LogP contribution is 2.23. The lowest BCUT2D eigenvalue weighted by Crippen LogP contribution is -2.62. The smallest absolute Gasteiger partial charge is 0.321 e. The van der Waals surface area contributed by atoms with Crippen molar-refractivity contribution in [3.63, 3.8) is 0 Å². The monoisotopic (exact) mass is 369 g/mol. The molecule has 0 bridgehead atoms. The summed E-state index contributed by atoms with van der Waals surface area (Å²) in [6.07, 6.45) is 0. The standard InChI is InChI=1S/C15H23N5O4S/c1-11-13(3-4-14(17-11)24-2)18-15(21)19-9-12(10-19)25(22,23)20-7-5-16-6-8-20/h3-4,12,16H,5-10H2,1-2H3,(H,18,21). The second-order valence-electron chi connectivity index (χ2n) is 6.14. The Kier molecular flexibility index (Phi) is 5.11. The van der Waals surface area contributed by atoms with Gasteiger partial charge in [0.2, 0.25) is 15.9 Å². The maximum Gasteiger partial charge on any atom is 0.321 e. The van der Waals surface area contributed by atoms with Crippen molar-refractivity contribution in [1.82, 2.24) is 19.5 Å². The molecule has 3 rings (SSSR count). The number of aromatic nitrogens is 1. The van der Waals surface area contributed by atoms with E-state index in [9.17, 15) is 13.2 Å². The number of methoxy groups -OCH3 is 1. The highest BCUT2D eigenvalue weighted by molar-refractivity contribution is 7.89. The van der Waals surface area contributed by atoms with Gasteiger partial charge in [-0.05, 0) is 13.0 Å². The highest BCUT2D eigenvalue weighted by atomic mass is 32.2. The van der Waals surface area contributed by atoms with Gasteiger partial charge in [0.1, 0.15) is 5.25 Å². The van der Waals surface area contributed by atoms with Crippen LogP contribution in [0.5, 0.6) is 5.88 Å². The predicted molar refractivity (Wildman–Crippen MR) is 93.3 cm³/mol. The number of ether oxygens (including phenoxy) is 1. The van der Waals surface area contributed by atoms with Crippen molar-refractivity contribution in [2.75, 3.05) is 51.7 Å². The number of nitrogens with zero attached hydrogens (tertiary/aromatic N) is 3. The number of anilines is 1. The van der Waals surface area contributed by atoms with Crippen LogP contribution in [0.3, 0.4) is 0 Å². The number of amides is 2. The van der Waals surface area contributed by atoms with Crippen LogP contribution >= 0.6 is 0 Å². The molecule has 0 aliphatic carbocycles. The average molecular weight is 369 g/mol. The van der Waals surface area contributed by atoms with Crippen LogP contribution in [-0.2, 0) is 10.0 Å². The summed E-state index contributed by atoms with van der Waals surface area (Å²) in [4.78, 5) is 18.0. The molecule has 25 heavy (non-hydrogen) atoms. The lowest BCUT2D eigenvalue weighted by molar-refractivity contribution is 0.180. The quantitative estimate of drug-likeness (QED) is 0.765. The number of nitrogens with one attached hydrogen (secondary N) is 2. The fourth-order valence-corrected chi connectivity index (χ4v) is 4.73. The molecule has 138 valence electrons. The first-order valence-corrected chi connectivity index (χ1v) is 9.69. The minimum atomic E-state index is -3.34. The van der Waals surface area contributed by atoms with Crippen molar-refractivity contribution >= 4 is 21.7 Å². The topological polar surface area (TPSA) is 104 Å². The van der Waals surface area contributed by atoms with E-state index in [1.165, 1.54) is 16.3 Å². The molecule has 2 fully saturated rings. The third kappa shape index (κ3) is 3.70. The van der Waals surface area contributed by atoms with Crippen LogP contribution in [0.4, 0.5) is 10.5 Å². The van der Waals surface area contributed by atoms with Crippen molar-refractivity contribution in [2.45, 2.75) is 12.2 Å². The number of hydrogen-bond acceptors (Lipinski definition) is 6. The number of aryl methyl sites for hydroxylation is 1. The first kappa shape index (κ1) is 17.9. The van der Waals surface area contributed by atoms with Crippen LogP contribution in [0.25, 0.3) is 0 Å². The van der Waals surface area contributed by atoms with E-state index >= 15 is 0 Å². The Labute approximate surface area is 147 Å². The Morgan fingerprint density at radius 1 is 1.32 bits per heavy atom. The Hall–Kier alpha value is -1.91. The van der Waals surface area contributed by atoms with E-state index in [1.807, 2.05) is 0 Å². The van der Waals surface area contributed by atoms with E-state index in [4.69, 9.17) is 4.74 Å². The molecular formula is C15H23N5O4S. The van der Waals surface area contributed by atoms with Gasteiger partial charge in [0.15, 0.2) is 0 Å². The van der Waals surface area contributed by atoms with Crippen LogP contribution in [0.1, 0.15) is 5.69 Å². The Morgan fingerprint density at radius 2 is 2.00 bits per heavy atom. The zero-order valence-electron chi connectivity index (χ0n) is 14.4. The van der Waals surface area contributed by atoms with Gasteiger partial charge in [0.05, 0.1) is 18.5 Å². The Bertz CT molecular complexity index is 742. The number of likely N-dealkylation sites (tertiary alicyclic amines) is 1. The second kappa shape index (κ2) is 7.14. The van der Waals surface area contributed by atoms with Crippen molar-refractivity contribution < 1.29 is 17.9 Å². The predicted octanol–water partition coefficient (Wildman–Crippen LogP) is -0.150. The molecule has 0 saturated carbocycles. The number of pyridine rings is 1. The molecule has 0 aromatic carbocycles. The van der Waals surface area contributed by atoms with E-state index in [1.54, 1.807) is 19.1 Å². The molecule has 2 saturated heterocycles. The van der Waals surface area contributed by atoms with Gasteiger partial charge in [-0.2, -0.15) is 4.31 Å². The zero-order chi connectivity index (χ0) is 18.0. The summed E-state index contributed by atoms with van der Waals surface area (Å²) < 4.78 is 31.6. The lowest BCUT2D eigenvalue weighted by atomic mass is 10.2. The maximum absolute atomic E-state index is 12.5. The minimum Gasteiger partial charge on any atom is -0.481 e. The summed E-state index contributed by atoms with van der Waals surface area (Å²) in [7, 11) is -1.81. The maximum atomic E-state index is 12.5. The molecule has 2 amide bonds. The first-order chi connectivity index (χ1) is 11.9. The zero-order valence-corrected chi connectivity index (χ0v) is 15.2. The number of urea groups is 1. The van der Waals surface area contributed by atoms with Gasteiger partial charge in [-0.15, -0.1) is 0 Å². The second-order valence-corrected chi connectivity index (χ2v) is 8.35. The van der Waals surface area contributed by atoms with Crippen LogP contribution in [-0.4, -0.2) is 80.3 Å². The molecule has 2 aliphatic rings. The van der Waals surface area contributed by atoms with Crippen LogP contribution in [0.2, 0.25) is 0 Å².